The number of ether oxygens (including phenoxy) is 1. The molecule has 144 valence electrons. The second-order valence-corrected chi connectivity index (χ2v) is 8.10. The number of benzene rings is 1. The van der Waals surface area contributed by atoms with Gasteiger partial charge in [-0.05, 0) is 42.8 Å². The van der Waals surface area contributed by atoms with Gasteiger partial charge < -0.3 is 14.5 Å². The van der Waals surface area contributed by atoms with E-state index in [2.05, 4.69) is 5.32 Å². The lowest BCUT2D eigenvalue weighted by molar-refractivity contribution is -0.117. The average molecular weight is 390 g/mol. The molecule has 0 aliphatic carbocycles. The van der Waals surface area contributed by atoms with Crippen molar-refractivity contribution in [1.82, 2.24) is 9.62 Å². The predicted molar refractivity (Wildman–Crippen MR) is 100 cm³/mol. The van der Waals surface area contributed by atoms with Crippen LogP contribution in [0.25, 0.3) is 6.08 Å². The van der Waals surface area contributed by atoms with Gasteiger partial charge in [0.25, 0.3) is 0 Å². The van der Waals surface area contributed by atoms with Crippen molar-refractivity contribution in [3.63, 3.8) is 0 Å². The summed E-state index contributed by atoms with van der Waals surface area (Å²) in [6.07, 6.45) is 4.60. The van der Waals surface area contributed by atoms with E-state index in [1.807, 2.05) is 6.92 Å². The first-order valence-electron chi connectivity index (χ1n) is 8.67. The molecule has 1 aromatic heterocycles. The molecule has 2 aromatic rings. The molecule has 1 N–H and O–H groups in total. The third kappa shape index (κ3) is 4.85. The number of nitrogens with zero attached hydrogens (tertiary/aromatic N) is 1. The number of nitrogens with one attached hydrogen (secondary N) is 1. The summed E-state index contributed by atoms with van der Waals surface area (Å²) in [5.41, 5.74) is 0.733. The molecule has 1 amide bonds. The van der Waals surface area contributed by atoms with Crippen molar-refractivity contribution in [2.24, 2.45) is 0 Å². The number of rotatable bonds is 6. The number of amides is 1. The fourth-order valence-corrected chi connectivity index (χ4v) is 4.14. The molecule has 2 heterocycles. The van der Waals surface area contributed by atoms with Gasteiger partial charge >= 0.3 is 0 Å². The van der Waals surface area contributed by atoms with Crippen LogP contribution in [0.5, 0.6) is 0 Å². The van der Waals surface area contributed by atoms with E-state index in [1.54, 1.807) is 48.7 Å². The van der Waals surface area contributed by atoms with Crippen LogP contribution in [0.2, 0.25) is 0 Å². The van der Waals surface area contributed by atoms with Crippen molar-refractivity contribution < 1.29 is 22.4 Å². The van der Waals surface area contributed by atoms with E-state index >= 15 is 0 Å². The molecule has 27 heavy (non-hydrogen) atoms. The Morgan fingerprint density at radius 2 is 1.89 bits per heavy atom. The van der Waals surface area contributed by atoms with Gasteiger partial charge in [-0.1, -0.05) is 12.1 Å². The number of hydrogen-bond acceptors (Lipinski definition) is 5. The fraction of sp³-hybridized carbons (Fsp3) is 0.316. The third-order valence-corrected chi connectivity index (χ3v) is 6.16. The molecule has 1 aliphatic rings. The zero-order valence-electron chi connectivity index (χ0n) is 15.0. The smallest absolute Gasteiger partial charge is 0.244 e. The van der Waals surface area contributed by atoms with E-state index in [9.17, 15) is 13.2 Å². The molecular weight excluding hydrogens is 368 g/mol. The standard InChI is InChI=1S/C19H22N2O5S/c1-15(18-3-2-12-26-18)20-19(22)9-6-16-4-7-17(8-5-16)27(23,24)21-10-13-25-14-11-21/h2-9,12,15H,10-11,13-14H2,1H3,(H,20,22)/b9-6+/t15-/m1/s1. The van der Waals surface area contributed by atoms with Gasteiger partial charge in [-0.2, -0.15) is 4.31 Å². The molecule has 0 radical (unpaired) electrons. The van der Waals surface area contributed by atoms with E-state index < -0.39 is 10.0 Å². The highest BCUT2D eigenvalue weighted by molar-refractivity contribution is 7.89. The highest BCUT2D eigenvalue weighted by Gasteiger charge is 2.25. The van der Waals surface area contributed by atoms with Gasteiger partial charge in [0, 0.05) is 19.2 Å². The van der Waals surface area contributed by atoms with Gasteiger partial charge in [0.05, 0.1) is 30.4 Å². The number of furan rings is 1. The maximum atomic E-state index is 12.6. The van der Waals surface area contributed by atoms with Crippen LogP contribution < -0.4 is 5.32 Å². The summed E-state index contributed by atoms with van der Waals surface area (Å²) in [7, 11) is -3.51. The summed E-state index contributed by atoms with van der Waals surface area (Å²) in [6, 6.07) is 9.77. The molecule has 3 rings (SSSR count). The van der Waals surface area contributed by atoms with Crippen LogP contribution in [0.4, 0.5) is 0 Å². The van der Waals surface area contributed by atoms with E-state index in [0.29, 0.717) is 32.1 Å². The Morgan fingerprint density at radius 1 is 1.19 bits per heavy atom. The van der Waals surface area contributed by atoms with Gasteiger partial charge in [0.1, 0.15) is 5.76 Å². The summed E-state index contributed by atoms with van der Waals surface area (Å²) >= 11 is 0. The quantitative estimate of drug-likeness (QED) is 0.764. The van der Waals surface area contributed by atoms with Gasteiger partial charge in [0.15, 0.2) is 0 Å². The second kappa shape index (κ2) is 8.51. The van der Waals surface area contributed by atoms with E-state index in [0.717, 1.165) is 5.56 Å². The van der Waals surface area contributed by atoms with Crippen LogP contribution in [0, 0.1) is 0 Å². The van der Waals surface area contributed by atoms with Crippen molar-refractivity contribution >= 4 is 22.0 Å². The lowest BCUT2D eigenvalue weighted by atomic mass is 10.2. The van der Waals surface area contributed by atoms with Crippen LogP contribution in [-0.2, 0) is 19.6 Å². The number of hydrogen-bond donors (Lipinski definition) is 1. The van der Waals surface area contributed by atoms with Crippen LogP contribution >= 0.6 is 0 Å². The molecule has 1 aromatic carbocycles. The lowest BCUT2D eigenvalue weighted by Gasteiger charge is -2.26. The van der Waals surface area contributed by atoms with Gasteiger partial charge in [0.2, 0.25) is 15.9 Å². The molecule has 0 unspecified atom stereocenters. The highest BCUT2D eigenvalue weighted by atomic mass is 32.2. The van der Waals surface area contributed by atoms with Crippen LogP contribution in [0.1, 0.15) is 24.3 Å². The van der Waals surface area contributed by atoms with Crippen molar-refractivity contribution in [3.05, 3.63) is 60.1 Å². The number of carbonyl (C=O) groups is 1. The van der Waals surface area contributed by atoms with Crippen molar-refractivity contribution in [2.45, 2.75) is 17.9 Å². The first-order chi connectivity index (χ1) is 13.0. The first kappa shape index (κ1) is 19.3. The Labute approximate surface area is 158 Å². The van der Waals surface area contributed by atoms with Crippen LogP contribution in [0.15, 0.2) is 58.1 Å². The normalized spacial score (nSPS) is 17.1. The highest BCUT2D eigenvalue weighted by Crippen LogP contribution is 2.18. The third-order valence-electron chi connectivity index (χ3n) is 4.24. The minimum atomic E-state index is -3.51. The Morgan fingerprint density at radius 3 is 2.52 bits per heavy atom. The van der Waals surface area contributed by atoms with Crippen molar-refractivity contribution in [2.75, 3.05) is 26.3 Å². The molecular formula is C19H22N2O5S. The zero-order chi connectivity index (χ0) is 19.3. The molecule has 8 heteroatoms. The fourth-order valence-electron chi connectivity index (χ4n) is 2.73. The SMILES string of the molecule is C[C@@H](NC(=O)/C=C/c1ccc(S(=O)(=O)N2CCOCC2)cc1)c1ccco1. The maximum Gasteiger partial charge on any atom is 0.244 e. The molecule has 1 fully saturated rings. The molecule has 0 saturated carbocycles. The molecule has 1 aliphatic heterocycles. The summed E-state index contributed by atoms with van der Waals surface area (Å²) in [5.74, 6) is 0.415. The van der Waals surface area contributed by atoms with E-state index in [-0.39, 0.29) is 16.8 Å². The Bertz CT molecular complexity index is 883. The minimum Gasteiger partial charge on any atom is -0.467 e. The largest absolute Gasteiger partial charge is 0.467 e. The van der Waals surface area contributed by atoms with Gasteiger partial charge in [-0.15, -0.1) is 0 Å². The lowest BCUT2D eigenvalue weighted by Crippen LogP contribution is -2.40. The molecule has 1 saturated heterocycles. The summed E-state index contributed by atoms with van der Waals surface area (Å²) in [5, 5.41) is 2.80. The summed E-state index contributed by atoms with van der Waals surface area (Å²) in [4.78, 5) is 12.2. The molecule has 7 nitrogen and oxygen atoms in total. The maximum absolute atomic E-state index is 12.6. The molecule has 1 atom stereocenters. The number of carbonyl (C=O) groups excluding carboxylic acids is 1. The monoisotopic (exact) mass is 390 g/mol. The summed E-state index contributed by atoms with van der Waals surface area (Å²) < 4.78 is 37.0. The van der Waals surface area contributed by atoms with Crippen molar-refractivity contribution in [3.8, 4) is 0 Å². The average Bonchev–Trinajstić information content (AvgIpc) is 3.22. The predicted octanol–water partition coefficient (Wildman–Crippen LogP) is 2.19. The number of sulfonamides is 1. The zero-order valence-corrected chi connectivity index (χ0v) is 15.8. The van der Waals surface area contributed by atoms with E-state index in [4.69, 9.17) is 9.15 Å². The summed E-state index contributed by atoms with van der Waals surface area (Å²) in [6.45, 7) is 3.36. The number of morpholine rings is 1. The molecule has 0 bridgehead atoms. The van der Waals surface area contributed by atoms with Crippen LogP contribution in [-0.4, -0.2) is 44.9 Å². The van der Waals surface area contributed by atoms with Gasteiger partial charge in [-0.25, -0.2) is 8.42 Å². The molecule has 0 spiro atoms. The Kier molecular flexibility index (Phi) is 6.10. The van der Waals surface area contributed by atoms with Crippen LogP contribution in [0.3, 0.4) is 0 Å². The first-order valence-corrected chi connectivity index (χ1v) is 10.1. The van der Waals surface area contributed by atoms with Crippen molar-refractivity contribution in [1.29, 1.82) is 0 Å². The minimum absolute atomic E-state index is 0.234. The Hall–Kier alpha value is -2.42. The topological polar surface area (TPSA) is 88.9 Å². The van der Waals surface area contributed by atoms with E-state index in [1.165, 1.54) is 10.4 Å². The Balaban J connectivity index is 1.61. The second-order valence-electron chi connectivity index (χ2n) is 6.16. The van der Waals surface area contributed by atoms with Gasteiger partial charge in [-0.3, -0.25) is 4.79 Å².